The highest BCUT2D eigenvalue weighted by molar-refractivity contribution is 7.13. The number of nitrogens with zero attached hydrogens (tertiary/aromatic N) is 1. The lowest BCUT2D eigenvalue weighted by atomic mass is 10.0. The van der Waals surface area contributed by atoms with E-state index in [1.54, 1.807) is 11.3 Å². The molecule has 0 aliphatic carbocycles. The van der Waals surface area contributed by atoms with E-state index in [4.69, 9.17) is 10.3 Å². The van der Waals surface area contributed by atoms with E-state index in [9.17, 15) is 0 Å². The van der Waals surface area contributed by atoms with Gasteiger partial charge in [-0.05, 0) is 17.4 Å². The van der Waals surface area contributed by atoms with Gasteiger partial charge in [-0.25, -0.2) is 0 Å². The monoisotopic (exact) mass is 208 g/mol. The van der Waals surface area contributed by atoms with Crippen LogP contribution in [0.2, 0.25) is 0 Å². The van der Waals surface area contributed by atoms with Crippen LogP contribution >= 0.6 is 11.3 Å². The number of hydrogen-bond donors (Lipinski definition) is 1. The molecular weight excluding hydrogens is 196 g/mol. The molecule has 0 bridgehead atoms. The third-order valence-electron chi connectivity index (χ3n) is 2.06. The highest BCUT2D eigenvalue weighted by atomic mass is 32.1. The van der Waals surface area contributed by atoms with Gasteiger partial charge in [0, 0.05) is 4.88 Å². The molecule has 4 heteroatoms. The molecule has 2 aromatic heterocycles. The molecule has 0 amide bonds. The van der Waals surface area contributed by atoms with Gasteiger partial charge in [-0.3, -0.25) is 0 Å². The van der Waals surface area contributed by atoms with Crippen molar-refractivity contribution < 1.29 is 4.52 Å². The van der Waals surface area contributed by atoms with Gasteiger partial charge in [0.15, 0.2) is 0 Å². The summed E-state index contributed by atoms with van der Waals surface area (Å²) in [6, 6.07) is 4.02. The summed E-state index contributed by atoms with van der Waals surface area (Å²) < 4.78 is 5.02. The van der Waals surface area contributed by atoms with Gasteiger partial charge in [0.1, 0.15) is 0 Å². The van der Waals surface area contributed by atoms with Gasteiger partial charge in [-0.1, -0.05) is 25.1 Å². The van der Waals surface area contributed by atoms with E-state index in [1.807, 2.05) is 17.5 Å². The molecule has 0 atom stereocenters. The van der Waals surface area contributed by atoms with Crippen molar-refractivity contribution in [1.82, 2.24) is 5.16 Å². The fourth-order valence-corrected chi connectivity index (χ4v) is 2.16. The lowest BCUT2D eigenvalue weighted by Crippen LogP contribution is -1.91. The van der Waals surface area contributed by atoms with E-state index in [0.29, 0.717) is 11.8 Å². The summed E-state index contributed by atoms with van der Waals surface area (Å²) in [5, 5.41) is 6.00. The predicted octanol–water partition coefficient (Wildman–Crippen LogP) is 3.11. The molecule has 2 N–H and O–H groups in total. The molecule has 0 fully saturated rings. The van der Waals surface area contributed by atoms with Gasteiger partial charge in [0.25, 0.3) is 0 Å². The fraction of sp³-hybridized carbons (Fsp3) is 0.300. The maximum atomic E-state index is 5.75. The second-order valence-electron chi connectivity index (χ2n) is 3.44. The van der Waals surface area contributed by atoms with Crippen molar-refractivity contribution in [2.45, 2.75) is 19.8 Å². The van der Waals surface area contributed by atoms with Gasteiger partial charge < -0.3 is 10.3 Å². The number of thiophene rings is 1. The third kappa shape index (κ3) is 1.42. The maximum Gasteiger partial charge on any atom is 0.231 e. The molecule has 0 unspecified atom stereocenters. The van der Waals surface area contributed by atoms with Crippen LogP contribution in [0, 0.1) is 0 Å². The third-order valence-corrected chi connectivity index (χ3v) is 2.95. The molecule has 3 nitrogen and oxygen atoms in total. The van der Waals surface area contributed by atoms with Crippen LogP contribution in [0.25, 0.3) is 10.4 Å². The molecule has 0 aliphatic heterocycles. The molecule has 74 valence electrons. The Balaban J connectivity index is 2.56. The number of nitrogen functional groups attached to an aromatic ring is 1. The first kappa shape index (κ1) is 9.27. The van der Waals surface area contributed by atoms with Crippen molar-refractivity contribution in [2.24, 2.45) is 0 Å². The largest absolute Gasteiger partial charge is 0.367 e. The second-order valence-corrected chi connectivity index (χ2v) is 4.39. The maximum absolute atomic E-state index is 5.75. The molecule has 0 aliphatic rings. The number of aromatic nitrogens is 1. The average Bonchev–Trinajstić information content (AvgIpc) is 2.71. The van der Waals surface area contributed by atoms with E-state index in [2.05, 4.69) is 19.0 Å². The Morgan fingerprint density at radius 1 is 1.50 bits per heavy atom. The van der Waals surface area contributed by atoms with Gasteiger partial charge in [0.05, 0.1) is 11.3 Å². The lowest BCUT2D eigenvalue weighted by molar-refractivity contribution is 0.424. The second kappa shape index (κ2) is 3.46. The van der Waals surface area contributed by atoms with E-state index >= 15 is 0 Å². The van der Waals surface area contributed by atoms with Gasteiger partial charge in [-0.15, -0.1) is 11.3 Å². The Bertz CT molecular complexity index is 417. The van der Waals surface area contributed by atoms with Crippen LogP contribution in [0.4, 0.5) is 5.88 Å². The topological polar surface area (TPSA) is 52.0 Å². The first-order chi connectivity index (χ1) is 6.70. The molecule has 0 aromatic carbocycles. The van der Waals surface area contributed by atoms with Gasteiger partial charge in [0.2, 0.25) is 5.88 Å². The Kier molecular flexibility index (Phi) is 2.29. The number of rotatable bonds is 2. The fourth-order valence-electron chi connectivity index (χ4n) is 1.38. The molecule has 14 heavy (non-hydrogen) atoms. The van der Waals surface area contributed by atoms with Crippen molar-refractivity contribution in [3.05, 3.63) is 23.2 Å². The minimum atomic E-state index is 0.327. The Morgan fingerprint density at radius 2 is 2.29 bits per heavy atom. The van der Waals surface area contributed by atoms with E-state index < -0.39 is 0 Å². The molecule has 2 rings (SSSR count). The number of hydrogen-bond acceptors (Lipinski definition) is 4. The summed E-state index contributed by atoms with van der Waals surface area (Å²) in [6.45, 7) is 4.16. The summed E-state index contributed by atoms with van der Waals surface area (Å²) in [7, 11) is 0. The Morgan fingerprint density at radius 3 is 2.86 bits per heavy atom. The van der Waals surface area contributed by atoms with Crippen molar-refractivity contribution in [3.8, 4) is 10.4 Å². The Labute approximate surface area is 86.5 Å². The lowest BCUT2D eigenvalue weighted by Gasteiger charge is -2.01. The minimum absolute atomic E-state index is 0.327. The van der Waals surface area contributed by atoms with Crippen LogP contribution in [0.3, 0.4) is 0 Å². The predicted molar refractivity (Wildman–Crippen MR) is 58.3 cm³/mol. The summed E-state index contributed by atoms with van der Waals surface area (Å²) >= 11 is 1.65. The first-order valence-corrected chi connectivity index (χ1v) is 5.37. The van der Waals surface area contributed by atoms with Gasteiger partial charge >= 0.3 is 0 Å². The van der Waals surface area contributed by atoms with E-state index in [-0.39, 0.29) is 0 Å². The molecule has 0 radical (unpaired) electrons. The van der Waals surface area contributed by atoms with Gasteiger partial charge in [-0.2, -0.15) is 0 Å². The number of anilines is 1. The molecule has 0 saturated carbocycles. The highest BCUT2D eigenvalue weighted by Gasteiger charge is 2.18. The van der Waals surface area contributed by atoms with Crippen LogP contribution in [-0.2, 0) is 0 Å². The summed E-state index contributed by atoms with van der Waals surface area (Å²) in [5.41, 5.74) is 7.64. The van der Waals surface area contributed by atoms with E-state index in [1.165, 1.54) is 0 Å². The summed E-state index contributed by atoms with van der Waals surface area (Å²) in [6.07, 6.45) is 0. The van der Waals surface area contributed by atoms with Crippen molar-refractivity contribution >= 4 is 17.2 Å². The SMILES string of the molecule is CC(C)c1noc(N)c1-c1cccs1. The zero-order chi connectivity index (χ0) is 10.1. The van der Waals surface area contributed by atoms with Crippen molar-refractivity contribution in [1.29, 1.82) is 0 Å². The zero-order valence-electron chi connectivity index (χ0n) is 8.15. The molecular formula is C10H12N2OS. The number of nitrogens with two attached hydrogens (primary N) is 1. The van der Waals surface area contributed by atoms with Crippen LogP contribution in [0.1, 0.15) is 25.5 Å². The summed E-state index contributed by atoms with van der Waals surface area (Å²) in [4.78, 5) is 1.12. The van der Waals surface area contributed by atoms with Crippen LogP contribution in [0.5, 0.6) is 0 Å². The normalized spacial score (nSPS) is 11.1. The molecule has 2 heterocycles. The smallest absolute Gasteiger partial charge is 0.231 e. The quantitative estimate of drug-likeness (QED) is 0.825. The average molecular weight is 208 g/mol. The van der Waals surface area contributed by atoms with Crippen LogP contribution in [0.15, 0.2) is 22.0 Å². The highest BCUT2D eigenvalue weighted by Crippen LogP contribution is 2.36. The van der Waals surface area contributed by atoms with Crippen molar-refractivity contribution in [3.63, 3.8) is 0 Å². The van der Waals surface area contributed by atoms with Crippen LogP contribution in [-0.4, -0.2) is 5.16 Å². The van der Waals surface area contributed by atoms with Crippen molar-refractivity contribution in [2.75, 3.05) is 5.73 Å². The summed E-state index contributed by atoms with van der Waals surface area (Å²) in [5.74, 6) is 0.740. The van der Waals surface area contributed by atoms with E-state index in [0.717, 1.165) is 16.1 Å². The zero-order valence-corrected chi connectivity index (χ0v) is 8.97. The minimum Gasteiger partial charge on any atom is -0.367 e. The molecule has 2 aromatic rings. The molecule has 0 spiro atoms. The Hall–Kier alpha value is -1.29. The van der Waals surface area contributed by atoms with Crippen LogP contribution < -0.4 is 5.73 Å². The molecule has 0 saturated heterocycles. The first-order valence-electron chi connectivity index (χ1n) is 4.49. The standard InChI is InChI=1S/C10H12N2OS/c1-6(2)9-8(10(11)13-12-9)7-4-3-5-14-7/h3-6H,11H2,1-2H3.